The van der Waals surface area contributed by atoms with Crippen molar-refractivity contribution in [3.8, 4) is 0 Å². The van der Waals surface area contributed by atoms with Gasteiger partial charge in [0.05, 0.1) is 0 Å². The molecule has 0 aliphatic heterocycles. The smallest absolute Gasteiger partial charge is 0.134 e. The number of rotatable bonds is 5. The SMILES string of the molecule is CCCc1nc(Cl)cc(NC(C)c2ccc(F)cc2)n1. The van der Waals surface area contributed by atoms with Gasteiger partial charge in [0.15, 0.2) is 0 Å². The van der Waals surface area contributed by atoms with Crippen molar-refractivity contribution in [1.29, 1.82) is 0 Å². The second-order valence-electron chi connectivity index (χ2n) is 4.66. The Labute approximate surface area is 123 Å². The third-order valence-corrected chi connectivity index (χ3v) is 3.14. The molecule has 0 aliphatic rings. The van der Waals surface area contributed by atoms with Crippen LogP contribution >= 0.6 is 11.6 Å². The quantitative estimate of drug-likeness (QED) is 0.831. The van der Waals surface area contributed by atoms with Crippen LogP contribution in [0.15, 0.2) is 30.3 Å². The summed E-state index contributed by atoms with van der Waals surface area (Å²) in [5, 5.41) is 3.69. The predicted octanol–water partition coefficient (Wildman–Crippen LogP) is 4.39. The number of aryl methyl sites for hydroxylation is 1. The van der Waals surface area contributed by atoms with Crippen molar-refractivity contribution in [2.24, 2.45) is 0 Å². The summed E-state index contributed by atoms with van der Waals surface area (Å²) >= 11 is 6.00. The van der Waals surface area contributed by atoms with Crippen LogP contribution in [0.4, 0.5) is 10.2 Å². The summed E-state index contributed by atoms with van der Waals surface area (Å²) in [7, 11) is 0. The zero-order chi connectivity index (χ0) is 14.5. The average molecular weight is 294 g/mol. The normalized spacial score (nSPS) is 12.2. The van der Waals surface area contributed by atoms with E-state index in [0.29, 0.717) is 11.0 Å². The lowest BCUT2D eigenvalue weighted by Crippen LogP contribution is -2.09. The first kappa shape index (κ1) is 14.7. The van der Waals surface area contributed by atoms with Crippen molar-refractivity contribution in [1.82, 2.24) is 9.97 Å². The molecule has 0 fully saturated rings. The highest BCUT2D eigenvalue weighted by molar-refractivity contribution is 6.29. The molecule has 2 aromatic rings. The van der Waals surface area contributed by atoms with E-state index in [-0.39, 0.29) is 11.9 Å². The number of nitrogens with one attached hydrogen (secondary N) is 1. The lowest BCUT2D eigenvalue weighted by atomic mass is 10.1. The summed E-state index contributed by atoms with van der Waals surface area (Å²) < 4.78 is 12.9. The maximum absolute atomic E-state index is 12.9. The van der Waals surface area contributed by atoms with Crippen molar-refractivity contribution >= 4 is 17.4 Å². The van der Waals surface area contributed by atoms with E-state index in [0.717, 1.165) is 24.2 Å². The van der Waals surface area contributed by atoms with E-state index in [4.69, 9.17) is 11.6 Å². The van der Waals surface area contributed by atoms with E-state index in [9.17, 15) is 4.39 Å². The lowest BCUT2D eigenvalue weighted by Gasteiger charge is -2.15. The first-order valence-corrected chi connectivity index (χ1v) is 7.01. The van der Waals surface area contributed by atoms with Crippen LogP contribution in [-0.2, 0) is 6.42 Å². The zero-order valence-electron chi connectivity index (χ0n) is 11.5. The molecule has 3 nitrogen and oxygen atoms in total. The number of hydrogen-bond acceptors (Lipinski definition) is 3. The van der Waals surface area contributed by atoms with Gasteiger partial charge in [0.2, 0.25) is 0 Å². The molecule has 0 saturated heterocycles. The molecule has 1 N–H and O–H groups in total. The fourth-order valence-electron chi connectivity index (χ4n) is 1.93. The molecule has 5 heteroatoms. The topological polar surface area (TPSA) is 37.8 Å². The van der Waals surface area contributed by atoms with Crippen molar-refractivity contribution in [3.05, 3.63) is 52.7 Å². The summed E-state index contributed by atoms with van der Waals surface area (Å²) in [6, 6.07) is 8.11. The van der Waals surface area contributed by atoms with Gasteiger partial charge in [0, 0.05) is 18.5 Å². The van der Waals surface area contributed by atoms with E-state index in [1.54, 1.807) is 18.2 Å². The summed E-state index contributed by atoms with van der Waals surface area (Å²) in [6.45, 7) is 4.06. The number of nitrogens with zero attached hydrogens (tertiary/aromatic N) is 2. The van der Waals surface area contributed by atoms with Gasteiger partial charge in [0.25, 0.3) is 0 Å². The molecule has 1 aromatic carbocycles. The molecule has 1 aromatic heterocycles. The monoisotopic (exact) mass is 293 g/mol. The molecule has 1 heterocycles. The van der Waals surface area contributed by atoms with Gasteiger partial charge in [-0.1, -0.05) is 30.7 Å². The van der Waals surface area contributed by atoms with Crippen LogP contribution in [-0.4, -0.2) is 9.97 Å². The van der Waals surface area contributed by atoms with Gasteiger partial charge < -0.3 is 5.32 Å². The molecule has 0 amide bonds. The van der Waals surface area contributed by atoms with Gasteiger partial charge >= 0.3 is 0 Å². The molecule has 0 saturated carbocycles. The highest BCUT2D eigenvalue weighted by Gasteiger charge is 2.08. The van der Waals surface area contributed by atoms with Crippen LogP contribution in [0.25, 0.3) is 0 Å². The molecule has 2 rings (SSSR count). The Balaban J connectivity index is 2.14. The fourth-order valence-corrected chi connectivity index (χ4v) is 2.13. The van der Waals surface area contributed by atoms with E-state index < -0.39 is 0 Å². The third-order valence-electron chi connectivity index (χ3n) is 2.95. The van der Waals surface area contributed by atoms with Gasteiger partial charge in [-0.25, -0.2) is 14.4 Å². The summed E-state index contributed by atoms with van der Waals surface area (Å²) in [6.07, 6.45) is 1.76. The first-order chi connectivity index (χ1) is 9.58. The molecule has 0 spiro atoms. The maximum Gasteiger partial charge on any atom is 0.134 e. The Bertz CT molecular complexity index is 572. The van der Waals surface area contributed by atoms with Gasteiger partial charge in [-0.2, -0.15) is 0 Å². The predicted molar refractivity (Wildman–Crippen MR) is 79.5 cm³/mol. The summed E-state index contributed by atoms with van der Waals surface area (Å²) in [4.78, 5) is 8.61. The highest BCUT2D eigenvalue weighted by atomic mass is 35.5. The molecule has 0 bridgehead atoms. The van der Waals surface area contributed by atoms with E-state index >= 15 is 0 Å². The van der Waals surface area contributed by atoms with Crippen LogP contribution < -0.4 is 5.32 Å². The van der Waals surface area contributed by atoms with Crippen molar-refractivity contribution in [2.45, 2.75) is 32.7 Å². The van der Waals surface area contributed by atoms with Crippen LogP contribution in [0.3, 0.4) is 0 Å². The third kappa shape index (κ3) is 3.90. The minimum absolute atomic E-state index is 0.0102. The number of benzene rings is 1. The van der Waals surface area contributed by atoms with Crippen LogP contribution in [0, 0.1) is 5.82 Å². The Morgan fingerprint density at radius 3 is 2.60 bits per heavy atom. The van der Waals surface area contributed by atoms with Gasteiger partial charge in [-0.3, -0.25) is 0 Å². The standard InChI is InChI=1S/C15H17ClFN3/c1-3-4-14-19-13(16)9-15(20-14)18-10(2)11-5-7-12(17)8-6-11/h5-10H,3-4H2,1-2H3,(H,18,19,20). The molecule has 0 radical (unpaired) electrons. The zero-order valence-corrected chi connectivity index (χ0v) is 12.3. The van der Waals surface area contributed by atoms with Crippen molar-refractivity contribution in [3.63, 3.8) is 0 Å². The minimum Gasteiger partial charge on any atom is -0.363 e. The van der Waals surface area contributed by atoms with Gasteiger partial charge in [-0.15, -0.1) is 0 Å². The molecule has 20 heavy (non-hydrogen) atoms. The van der Waals surface area contributed by atoms with Gasteiger partial charge in [0.1, 0.15) is 22.6 Å². The number of anilines is 1. The molecular weight excluding hydrogens is 277 g/mol. The molecule has 1 atom stereocenters. The van der Waals surface area contributed by atoms with Crippen LogP contribution in [0.5, 0.6) is 0 Å². The second-order valence-corrected chi connectivity index (χ2v) is 5.05. The largest absolute Gasteiger partial charge is 0.363 e. The van der Waals surface area contributed by atoms with Crippen molar-refractivity contribution < 1.29 is 4.39 Å². The Hall–Kier alpha value is -1.68. The highest BCUT2D eigenvalue weighted by Crippen LogP contribution is 2.20. The fraction of sp³-hybridized carbons (Fsp3) is 0.333. The molecular formula is C15H17ClFN3. The second kappa shape index (κ2) is 6.66. The number of aromatic nitrogens is 2. The van der Waals surface area contributed by atoms with E-state index in [2.05, 4.69) is 22.2 Å². The van der Waals surface area contributed by atoms with E-state index in [1.165, 1.54) is 12.1 Å². The summed E-state index contributed by atoms with van der Waals surface area (Å²) in [5.74, 6) is 1.18. The Morgan fingerprint density at radius 2 is 1.95 bits per heavy atom. The Morgan fingerprint density at radius 1 is 1.25 bits per heavy atom. The molecule has 1 unspecified atom stereocenters. The minimum atomic E-state index is -0.240. The van der Waals surface area contributed by atoms with Gasteiger partial charge in [-0.05, 0) is 31.0 Å². The van der Waals surface area contributed by atoms with E-state index in [1.807, 2.05) is 6.92 Å². The first-order valence-electron chi connectivity index (χ1n) is 6.64. The molecule has 106 valence electrons. The number of halogens is 2. The van der Waals surface area contributed by atoms with Crippen LogP contribution in [0.2, 0.25) is 5.15 Å². The molecule has 0 aliphatic carbocycles. The maximum atomic E-state index is 12.9. The lowest BCUT2D eigenvalue weighted by molar-refractivity contribution is 0.626. The number of hydrogen-bond donors (Lipinski definition) is 1. The Kier molecular flexibility index (Phi) is 4.90. The summed E-state index contributed by atoms with van der Waals surface area (Å²) in [5.41, 5.74) is 0.984. The van der Waals surface area contributed by atoms with Crippen LogP contribution in [0.1, 0.15) is 37.7 Å². The average Bonchev–Trinajstić information content (AvgIpc) is 2.39. The van der Waals surface area contributed by atoms with Crippen molar-refractivity contribution in [2.75, 3.05) is 5.32 Å².